The van der Waals surface area contributed by atoms with Crippen molar-refractivity contribution in [1.29, 1.82) is 0 Å². The Labute approximate surface area is 162 Å². The average Bonchev–Trinajstić information content (AvgIpc) is 3.36. The fourth-order valence-corrected chi connectivity index (χ4v) is 4.80. The average molecular weight is 369 g/mol. The Morgan fingerprint density at radius 3 is 2.56 bits per heavy atom. The second kappa shape index (κ2) is 7.29. The molecule has 2 aliphatic heterocycles. The molecule has 1 aromatic rings. The Morgan fingerprint density at radius 1 is 1.15 bits per heavy atom. The molecular formula is C23H32N2O2. The molecule has 2 heterocycles. The summed E-state index contributed by atoms with van der Waals surface area (Å²) in [7, 11) is 0. The van der Waals surface area contributed by atoms with E-state index in [1.807, 2.05) is 17.0 Å². The monoisotopic (exact) mass is 368 g/mol. The van der Waals surface area contributed by atoms with Crippen LogP contribution >= 0.6 is 0 Å². The fraction of sp³-hybridized carbons (Fsp3) is 0.652. The number of hydrogen-bond donors (Lipinski definition) is 0. The highest BCUT2D eigenvalue weighted by Gasteiger charge is 2.49. The second-order valence-corrected chi connectivity index (χ2v) is 9.35. The number of likely N-dealkylation sites (tertiary alicyclic amines) is 2. The van der Waals surface area contributed by atoms with Crippen LogP contribution in [0.2, 0.25) is 0 Å². The third kappa shape index (κ3) is 3.90. The molecule has 4 heteroatoms. The van der Waals surface area contributed by atoms with Crippen LogP contribution in [0, 0.1) is 17.3 Å². The van der Waals surface area contributed by atoms with Crippen molar-refractivity contribution in [2.45, 2.75) is 52.4 Å². The van der Waals surface area contributed by atoms with Crippen LogP contribution in [0.1, 0.15) is 61.9 Å². The molecule has 0 aromatic heterocycles. The molecule has 2 saturated heterocycles. The molecular weight excluding hydrogens is 336 g/mol. The van der Waals surface area contributed by atoms with Crippen molar-refractivity contribution in [3.8, 4) is 0 Å². The predicted octanol–water partition coefficient (Wildman–Crippen LogP) is 3.75. The maximum Gasteiger partial charge on any atom is 0.253 e. The van der Waals surface area contributed by atoms with Gasteiger partial charge in [-0.15, -0.1) is 0 Å². The van der Waals surface area contributed by atoms with Crippen LogP contribution in [0.5, 0.6) is 0 Å². The molecule has 4 nitrogen and oxygen atoms in total. The highest BCUT2D eigenvalue weighted by Crippen LogP contribution is 2.42. The molecule has 1 aromatic carbocycles. The standard InChI is InChI=1S/C23H32N2O2/c1-17(2)14-18-6-8-20(9-7-18)21(26)25-13-11-23(16-25)10-3-12-24(22(23)27)15-19-4-5-19/h6-9,17,19H,3-5,10-16H2,1-2H3/t23-/m1/s1. The SMILES string of the molecule is CC(C)Cc1ccc(C(=O)N2CC[C@]3(CCCN(CC4CC4)C3=O)C2)cc1. The summed E-state index contributed by atoms with van der Waals surface area (Å²) in [6.45, 7) is 7.55. The van der Waals surface area contributed by atoms with Crippen LogP contribution in [-0.4, -0.2) is 47.8 Å². The number of amides is 2. The first-order valence-electron chi connectivity index (χ1n) is 10.6. The minimum atomic E-state index is -0.319. The summed E-state index contributed by atoms with van der Waals surface area (Å²) in [4.78, 5) is 30.1. The highest BCUT2D eigenvalue weighted by atomic mass is 16.2. The van der Waals surface area contributed by atoms with E-state index in [9.17, 15) is 9.59 Å². The van der Waals surface area contributed by atoms with Gasteiger partial charge in [-0.25, -0.2) is 0 Å². The van der Waals surface area contributed by atoms with E-state index in [0.717, 1.165) is 50.3 Å². The fourth-order valence-electron chi connectivity index (χ4n) is 4.80. The highest BCUT2D eigenvalue weighted by molar-refractivity contribution is 5.95. The van der Waals surface area contributed by atoms with E-state index >= 15 is 0 Å². The number of piperidine rings is 1. The Hall–Kier alpha value is -1.84. The van der Waals surface area contributed by atoms with Crippen molar-refractivity contribution in [3.05, 3.63) is 35.4 Å². The number of carbonyl (C=O) groups excluding carboxylic acids is 2. The lowest BCUT2D eigenvalue weighted by molar-refractivity contribution is -0.145. The maximum atomic E-state index is 13.2. The third-order valence-corrected chi connectivity index (χ3v) is 6.49. The minimum absolute atomic E-state index is 0.0788. The molecule has 0 bridgehead atoms. The van der Waals surface area contributed by atoms with Crippen molar-refractivity contribution in [1.82, 2.24) is 9.80 Å². The quantitative estimate of drug-likeness (QED) is 0.794. The Balaban J connectivity index is 1.42. The normalized spacial score (nSPS) is 25.7. The maximum absolute atomic E-state index is 13.2. The molecule has 0 N–H and O–H groups in total. The molecule has 0 radical (unpaired) electrons. The van der Waals surface area contributed by atoms with E-state index < -0.39 is 0 Å². The molecule has 3 fully saturated rings. The zero-order valence-electron chi connectivity index (χ0n) is 16.7. The van der Waals surface area contributed by atoms with Gasteiger partial charge in [-0.3, -0.25) is 9.59 Å². The van der Waals surface area contributed by atoms with Crippen molar-refractivity contribution in [3.63, 3.8) is 0 Å². The molecule has 27 heavy (non-hydrogen) atoms. The van der Waals surface area contributed by atoms with Gasteiger partial charge in [0.2, 0.25) is 5.91 Å². The predicted molar refractivity (Wildman–Crippen MR) is 106 cm³/mol. The molecule has 1 aliphatic carbocycles. The van der Waals surface area contributed by atoms with E-state index in [1.165, 1.54) is 18.4 Å². The van der Waals surface area contributed by atoms with Crippen LogP contribution in [0.3, 0.4) is 0 Å². The molecule has 1 saturated carbocycles. The van der Waals surface area contributed by atoms with Crippen LogP contribution in [0.4, 0.5) is 0 Å². The Morgan fingerprint density at radius 2 is 1.89 bits per heavy atom. The summed E-state index contributed by atoms with van der Waals surface area (Å²) in [5, 5.41) is 0. The lowest BCUT2D eigenvalue weighted by Crippen LogP contribution is -2.50. The molecule has 1 spiro atoms. The van der Waals surface area contributed by atoms with Gasteiger partial charge in [-0.05, 0) is 68.1 Å². The summed E-state index contributed by atoms with van der Waals surface area (Å²) in [6, 6.07) is 8.05. The van der Waals surface area contributed by atoms with Crippen molar-refractivity contribution in [2.75, 3.05) is 26.2 Å². The number of nitrogens with zero attached hydrogens (tertiary/aromatic N) is 2. The van der Waals surface area contributed by atoms with Gasteiger partial charge in [0.05, 0.1) is 5.41 Å². The summed E-state index contributed by atoms with van der Waals surface area (Å²) >= 11 is 0. The largest absolute Gasteiger partial charge is 0.342 e. The summed E-state index contributed by atoms with van der Waals surface area (Å²) < 4.78 is 0. The van der Waals surface area contributed by atoms with E-state index in [4.69, 9.17) is 0 Å². The van der Waals surface area contributed by atoms with Gasteiger partial charge in [-0.2, -0.15) is 0 Å². The Kier molecular flexibility index (Phi) is 5.00. The Bertz CT molecular complexity index is 708. The van der Waals surface area contributed by atoms with Gasteiger partial charge in [0.15, 0.2) is 0 Å². The zero-order chi connectivity index (χ0) is 19.0. The van der Waals surface area contributed by atoms with E-state index in [-0.39, 0.29) is 11.3 Å². The first-order chi connectivity index (χ1) is 13.0. The van der Waals surface area contributed by atoms with E-state index in [2.05, 4.69) is 30.9 Å². The smallest absolute Gasteiger partial charge is 0.253 e. The summed E-state index contributed by atoms with van der Waals surface area (Å²) in [6.07, 6.45) is 6.41. The second-order valence-electron chi connectivity index (χ2n) is 9.35. The molecule has 146 valence electrons. The van der Waals surface area contributed by atoms with E-state index in [0.29, 0.717) is 24.9 Å². The summed E-state index contributed by atoms with van der Waals surface area (Å²) in [5.41, 5.74) is 1.70. The topological polar surface area (TPSA) is 40.6 Å². The molecule has 4 rings (SSSR count). The number of benzene rings is 1. The number of hydrogen-bond acceptors (Lipinski definition) is 2. The zero-order valence-corrected chi connectivity index (χ0v) is 16.7. The first-order valence-corrected chi connectivity index (χ1v) is 10.6. The van der Waals surface area contributed by atoms with Crippen LogP contribution in [0.15, 0.2) is 24.3 Å². The molecule has 1 atom stereocenters. The van der Waals surface area contributed by atoms with Gasteiger partial charge >= 0.3 is 0 Å². The van der Waals surface area contributed by atoms with Crippen LogP contribution < -0.4 is 0 Å². The van der Waals surface area contributed by atoms with Gasteiger partial charge in [0.1, 0.15) is 0 Å². The van der Waals surface area contributed by atoms with Crippen molar-refractivity contribution >= 4 is 11.8 Å². The minimum Gasteiger partial charge on any atom is -0.342 e. The van der Waals surface area contributed by atoms with Gasteiger partial charge in [0.25, 0.3) is 5.91 Å². The van der Waals surface area contributed by atoms with Gasteiger partial charge in [-0.1, -0.05) is 26.0 Å². The van der Waals surface area contributed by atoms with Gasteiger partial charge < -0.3 is 9.80 Å². The van der Waals surface area contributed by atoms with Crippen LogP contribution in [0.25, 0.3) is 0 Å². The lowest BCUT2D eigenvalue weighted by Gasteiger charge is -2.39. The molecule has 0 unspecified atom stereocenters. The molecule has 2 amide bonds. The van der Waals surface area contributed by atoms with Gasteiger partial charge in [0, 0.05) is 31.7 Å². The molecule has 3 aliphatic rings. The van der Waals surface area contributed by atoms with Crippen molar-refractivity contribution in [2.24, 2.45) is 17.3 Å². The first kappa shape index (κ1) is 18.5. The van der Waals surface area contributed by atoms with Crippen LogP contribution in [-0.2, 0) is 11.2 Å². The lowest BCUT2D eigenvalue weighted by atomic mass is 9.78. The van der Waals surface area contributed by atoms with Crippen molar-refractivity contribution < 1.29 is 9.59 Å². The third-order valence-electron chi connectivity index (χ3n) is 6.49. The number of rotatable bonds is 5. The van der Waals surface area contributed by atoms with E-state index in [1.54, 1.807) is 0 Å². The summed E-state index contributed by atoms with van der Waals surface area (Å²) in [5.74, 6) is 1.73. The number of carbonyl (C=O) groups is 2.